The van der Waals surface area contributed by atoms with Gasteiger partial charge in [-0.15, -0.1) is 0 Å². The molecule has 0 radical (unpaired) electrons. The molecule has 5 heteroatoms. The highest BCUT2D eigenvalue weighted by Crippen LogP contribution is 2.28. The monoisotopic (exact) mass is 332 g/mol. The third kappa shape index (κ3) is 2.98. The molecule has 0 saturated carbocycles. The molecule has 1 saturated heterocycles. The molecular weight excluding hydrogens is 312 g/mol. The van der Waals surface area contributed by atoms with E-state index in [0.29, 0.717) is 12.4 Å². The van der Waals surface area contributed by atoms with Gasteiger partial charge in [0.15, 0.2) is 5.82 Å². The van der Waals surface area contributed by atoms with Crippen molar-refractivity contribution < 1.29 is 4.79 Å². The summed E-state index contributed by atoms with van der Waals surface area (Å²) >= 11 is 0. The Hall–Kier alpha value is -2.79. The summed E-state index contributed by atoms with van der Waals surface area (Å²) in [4.78, 5) is 20.9. The van der Waals surface area contributed by atoms with Gasteiger partial charge >= 0.3 is 0 Å². The highest BCUT2D eigenvalue weighted by molar-refractivity contribution is 5.86. The van der Waals surface area contributed by atoms with Crippen LogP contribution in [0.1, 0.15) is 19.2 Å². The van der Waals surface area contributed by atoms with Crippen LogP contribution in [-0.2, 0) is 10.3 Å². The van der Waals surface area contributed by atoms with Crippen LogP contribution in [0, 0.1) is 0 Å². The molecule has 126 valence electrons. The van der Waals surface area contributed by atoms with Crippen LogP contribution in [0.4, 0.5) is 0 Å². The van der Waals surface area contributed by atoms with E-state index in [9.17, 15) is 4.79 Å². The van der Waals surface area contributed by atoms with Crippen LogP contribution in [0.5, 0.6) is 0 Å². The minimum absolute atomic E-state index is 0.0663. The molecule has 1 atom stereocenters. The molecule has 4 rings (SSSR count). The fourth-order valence-electron chi connectivity index (χ4n) is 3.48. The summed E-state index contributed by atoms with van der Waals surface area (Å²) in [6.07, 6.45) is 2.56. The number of aromatic nitrogens is 2. The molecule has 1 aromatic heterocycles. The molecule has 1 fully saturated rings. The number of benzene rings is 2. The Labute approximate surface area is 146 Å². The summed E-state index contributed by atoms with van der Waals surface area (Å²) in [5.74, 6) is 0.599. The second kappa shape index (κ2) is 6.26. The van der Waals surface area contributed by atoms with Crippen LogP contribution in [0.15, 0.2) is 54.7 Å². The van der Waals surface area contributed by atoms with Crippen molar-refractivity contribution >= 4 is 16.7 Å². The maximum atomic E-state index is 11.7. The Balaban J connectivity index is 1.76. The summed E-state index contributed by atoms with van der Waals surface area (Å²) in [6, 6.07) is 16.5. The Kier molecular flexibility index (Phi) is 3.93. The molecule has 1 aliphatic heterocycles. The van der Waals surface area contributed by atoms with Crippen LogP contribution in [0.2, 0.25) is 0 Å². The molecule has 1 amide bonds. The van der Waals surface area contributed by atoms with Gasteiger partial charge < -0.3 is 10.6 Å². The van der Waals surface area contributed by atoms with Crippen LogP contribution in [0.25, 0.3) is 22.0 Å². The number of hydrogen-bond acceptors (Lipinski definition) is 4. The highest BCUT2D eigenvalue weighted by Gasteiger charge is 2.39. The third-order valence-electron chi connectivity index (χ3n) is 4.70. The van der Waals surface area contributed by atoms with Gasteiger partial charge in [0.2, 0.25) is 5.91 Å². The van der Waals surface area contributed by atoms with E-state index in [2.05, 4.69) is 45.9 Å². The number of nitrogens with one attached hydrogen (secondary N) is 2. The quantitative estimate of drug-likeness (QED) is 0.774. The average Bonchev–Trinajstić information content (AvgIpc) is 3.10. The minimum atomic E-state index is -0.529. The molecule has 5 nitrogen and oxygen atoms in total. The zero-order valence-electron chi connectivity index (χ0n) is 14.1. The Morgan fingerprint density at radius 1 is 1.16 bits per heavy atom. The second-order valence-electron chi connectivity index (χ2n) is 6.52. The summed E-state index contributed by atoms with van der Waals surface area (Å²) in [6.45, 7) is 3.02. The number of nitrogens with zero attached hydrogens (tertiary/aromatic N) is 2. The highest BCUT2D eigenvalue weighted by atomic mass is 16.1. The van der Waals surface area contributed by atoms with Crippen LogP contribution >= 0.6 is 0 Å². The van der Waals surface area contributed by atoms with Crippen LogP contribution in [-0.4, -0.2) is 29.0 Å². The van der Waals surface area contributed by atoms with Gasteiger partial charge in [0.25, 0.3) is 0 Å². The van der Waals surface area contributed by atoms with E-state index in [1.807, 2.05) is 18.2 Å². The predicted octanol–water partition coefficient (Wildman–Crippen LogP) is 2.62. The fraction of sp³-hybridized carbons (Fsp3) is 0.250. The van der Waals surface area contributed by atoms with Crippen molar-refractivity contribution in [2.45, 2.75) is 18.9 Å². The lowest BCUT2D eigenvalue weighted by Crippen LogP contribution is -2.47. The van der Waals surface area contributed by atoms with Crippen LogP contribution in [0.3, 0.4) is 0 Å². The van der Waals surface area contributed by atoms with Crippen molar-refractivity contribution in [3.05, 3.63) is 60.6 Å². The largest absolute Gasteiger partial charge is 0.342 e. The van der Waals surface area contributed by atoms with E-state index in [-0.39, 0.29) is 5.91 Å². The van der Waals surface area contributed by atoms with Crippen molar-refractivity contribution in [2.75, 3.05) is 13.1 Å². The standard InChI is InChI=1S/C20H20N4O/c1-14(25)24-20(9-11-21-13-20)19-22-10-8-18(23-19)17-7-6-15-4-2-3-5-16(15)12-17/h2-8,10,12,21H,9,11,13H2,1H3,(H,24,25)/t20-/m0/s1. The molecule has 0 unspecified atom stereocenters. The number of rotatable bonds is 3. The first-order chi connectivity index (χ1) is 12.2. The molecule has 2 aromatic carbocycles. The first kappa shape index (κ1) is 15.7. The normalized spacial score (nSPS) is 19.9. The summed E-state index contributed by atoms with van der Waals surface area (Å²) in [7, 11) is 0. The summed E-state index contributed by atoms with van der Waals surface area (Å²) < 4.78 is 0. The zero-order valence-corrected chi connectivity index (χ0v) is 14.1. The predicted molar refractivity (Wildman–Crippen MR) is 98.0 cm³/mol. The maximum Gasteiger partial charge on any atom is 0.217 e. The molecule has 2 N–H and O–H groups in total. The van der Waals surface area contributed by atoms with Crippen molar-refractivity contribution in [3.8, 4) is 11.3 Å². The number of fused-ring (bicyclic) bond motifs is 1. The van der Waals surface area contributed by atoms with Crippen LogP contribution < -0.4 is 10.6 Å². The van der Waals surface area contributed by atoms with Gasteiger partial charge in [-0.2, -0.15) is 0 Å². The third-order valence-corrected chi connectivity index (χ3v) is 4.70. The Morgan fingerprint density at radius 3 is 2.76 bits per heavy atom. The van der Waals surface area contributed by atoms with E-state index >= 15 is 0 Å². The van der Waals surface area contributed by atoms with Gasteiger partial charge in [-0.3, -0.25) is 4.79 Å². The van der Waals surface area contributed by atoms with Gasteiger partial charge in [-0.1, -0.05) is 36.4 Å². The first-order valence-corrected chi connectivity index (χ1v) is 8.48. The maximum absolute atomic E-state index is 11.7. The first-order valence-electron chi connectivity index (χ1n) is 8.48. The summed E-state index contributed by atoms with van der Waals surface area (Å²) in [5.41, 5.74) is 1.39. The SMILES string of the molecule is CC(=O)N[C@@]1(c2nccc(-c3ccc4ccccc4c3)n2)CCNC1. The molecule has 1 aliphatic rings. The smallest absolute Gasteiger partial charge is 0.217 e. The lowest BCUT2D eigenvalue weighted by atomic mass is 9.96. The van der Waals surface area contributed by atoms with Crippen molar-refractivity contribution in [2.24, 2.45) is 0 Å². The lowest BCUT2D eigenvalue weighted by molar-refractivity contribution is -0.120. The van der Waals surface area contributed by atoms with Gasteiger partial charge in [0, 0.05) is 25.2 Å². The lowest BCUT2D eigenvalue weighted by Gasteiger charge is -2.27. The molecule has 0 bridgehead atoms. The minimum Gasteiger partial charge on any atom is -0.342 e. The van der Waals surface area contributed by atoms with Gasteiger partial charge in [0.05, 0.1) is 5.69 Å². The number of hydrogen-bond donors (Lipinski definition) is 2. The topological polar surface area (TPSA) is 66.9 Å². The number of carbonyl (C=O) groups is 1. The Bertz CT molecular complexity index is 932. The number of carbonyl (C=O) groups excluding carboxylic acids is 1. The summed E-state index contributed by atoms with van der Waals surface area (Å²) in [5, 5.41) is 8.74. The molecule has 3 aromatic rings. The molecule has 0 aliphatic carbocycles. The molecule has 25 heavy (non-hydrogen) atoms. The van der Waals surface area contributed by atoms with Gasteiger partial charge in [-0.05, 0) is 35.9 Å². The molecule has 0 spiro atoms. The second-order valence-corrected chi connectivity index (χ2v) is 6.52. The van der Waals surface area contributed by atoms with E-state index in [1.54, 1.807) is 6.20 Å². The van der Waals surface area contributed by atoms with Gasteiger partial charge in [-0.25, -0.2) is 9.97 Å². The van der Waals surface area contributed by atoms with Crippen molar-refractivity contribution in [3.63, 3.8) is 0 Å². The number of amides is 1. The average molecular weight is 332 g/mol. The van der Waals surface area contributed by atoms with Gasteiger partial charge in [0.1, 0.15) is 5.54 Å². The van der Waals surface area contributed by atoms with E-state index in [1.165, 1.54) is 17.7 Å². The Morgan fingerprint density at radius 2 is 2.00 bits per heavy atom. The fourth-order valence-corrected chi connectivity index (χ4v) is 3.48. The van der Waals surface area contributed by atoms with E-state index in [4.69, 9.17) is 4.98 Å². The van der Waals surface area contributed by atoms with Crippen molar-refractivity contribution in [1.82, 2.24) is 20.6 Å². The van der Waals surface area contributed by atoms with E-state index < -0.39 is 5.54 Å². The molecule has 2 heterocycles. The van der Waals surface area contributed by atoms with Crippen molar-refractivity contribution in [1.29, 1.82) is 0 Å². The zero-order chi connectivity index (χ0) is 17.3. The van der Waals surface area contributed by atoms with E-state index in [0.717, 1.165) is 24.2 Å². The molecular formula is C20H20N4O.